The van der Waals surface area contributed by atoms with Crippen LogP contribution in [-0.4, -0.2) is 28.0 Å². The van der Waals surface area contributed by atoms with E-state index in [9.17, 15) is 9.59 Å². The molecular weight excluding hydrogens is 312 g/mol. The number of nitrogens with zero attached hydrogens (tertiary/aromatic N) is 2. The van der Waals surface area contributed by atoms with Crippen LogP contribution in [0.4, 0.5) is 0 Å². The van der Waals surface area contributed by atoms with Gasteiger partial charge in [0.25, 0.3) is 11.5 Å². The Morgan fingerprint density at radius 3 is 2.68 bits per heavy atom. The van der Waals surface area contributed by atoms with Gasteiger partial charge in [0, 0.05) is 31.4 Å². The van der Waals surface area contributed by atoms with Crippen molar-refractivity contribution in [1.82, 2.24) is 9.47 Å². The van der Waals surface area contributed by atoms with Gasteiger partial charge < -0.3 is 9.47 Å². The Morgan fingerprint density at radius 2 is 1.92 bits per heavy atom. The first-order valence-electron chi connectivity index (χ1n) is 8.86. The minimum Gasteiger partial charge on any atom is -0.332 e. The first-order valence-corrected chi connectivity index (χ1v) is 8.86. The molecule has 3 rings (SSSR count). The molecule has 1 fully saturated rings. The van der Waals surface area contributed by atoms with Gasteiger partial charge in [-0.3, -0.25) is 9.59 Å². The van der Waals surface area contributed by atoms with Crippen molar-refractivity contribution in [1.29, 1.82) is 0 Å². The molecule has 130 valence electrons. The SMILES string of the molecule is Cn1ccc(C(=O)N2CCCCCC2/C=C/c2ccccc2)cc1=O. The predicted molar refractivity (Wildman–Crippen MR) is 100 cm³/mol. The average molecular weight is 336 g/mol. The van der Waals surface area contributed by atoms with Crippen molar-refractivity contribution in [3.8, 4) is 0 Å². The summed E-state index contributed by atoms with van der Waals surface area (Å²) >= 11 is 0. The van der Waals surface area contributed by atoms with E-state index in [0.29, 0.717) is 5.56 Å². The Balaban J connectivity index is 1.84. The molecule has 1 atom stereocenters. The first kappa shape index (κ1) is 17.2. The second-order valence-electron chi connectivity index (χ2n) is 6.55. The van der Waals surface area contributed by atoms with Crippen LogP contribution in [0.3, 0.4) is 0 Å². The predicted octanol–water partition coefficient (Wildman–Crippen LogP) is 3.48. The summed E-state index contributed by atoms with van der Waals surface area (Å²) in [4.78, 5) is 26.8. The lowest BCUT2D eigenvalue weighted by Crippen LogP contribution is -2.39. The van der Waals surface area contributed by atoms with Crippen LogP contribution in [0.1, 0.15) is 41.6 Å². The monoisotopic (exact) mass is 336 g/mol. The molecule has 0 radical (unpaired) electrons. The summed E-state index contributed by atoms with van der Waals surface area (Å²) in [5.41, 5.74) is 1.45. The quantitative estimate of drug-likeness (QED) is 0.861. The fraction of sp³-hybridized carbons (Fsp3) is 0.333. The minimum absolute atomic E-state index is 0.0534. The van der Waals surface area contributed by atoms with Gasteiger partial charge in [0.2, 0.25) is 0 Å². The lowest BCUT2D eigenvalue weighted by molar-refractivity contribution is 0.0718. The Hall–Kier alpha value is -2.62. The first-order chi connectivity index (χ1) is 12.1. The number of pyridine rings is 1. The second kappa shape index (κ2) is 7.97. The van der Waals surface area contributed by atoms with Gasteiger partial charge in [-0.15, -0.1) is 0 Å². The van der Waals surface area contributed by atoms with Crippen molar-refractivity contribution < 1.29 is 4.79 Å². The number of carbonyl (C=O) groups is 1. The average Bonchev–Trinajstić information content (AvgIpc) is 2.88. The molecule has 2 heterocycles. The molecule has 1 saturated heterocycles. The largest absolute Gasteiger partial charge is 0.332 e. The van der Waals surface area contributed by atoms with Crippen molar-refractivity contribution in [2.75, 3.05) is 6.54 Å². The smallest absolute Gasteiger partial charge is 0.254 e. The maximum absolute atomic E-state index is 13.0. The number of likely N-dealkylation sites (tertiary alicyclic amines) is 1. The van der Waals surface area contributed by atoms with Gasteiger partial charge in [0.15, 0.2) is 0 Å². The van der Waals surface area contributed by atoms with E-state index in [1.165, 1.54) is 10.6 Å². The standard InChI is InChI=1S/C21H24N2O2/c1-22-15-13-18(16-20(22)24)21(25)23-14-7-3-6-10-19(23)12-11-17-8-4-2-5-9-17/h2,4-5,8-9,11-13,15-16,19H,3,6-7,10,14H2,1H3/b12-11+. The number of rotatable bonds is 3. The third kappa shape index (κ3) is 4.27. The summed E-state index contributed by atoms with van der Waals surface area (Å²) in [5.74, 6) is -0.0534. The van der Waals surface area contributed by atoms with Crippen molar-refractivity contribution >= 4 is 12.0 Å². The van der Waals surface area contributed by atoms with Crippen molar-refractivity contribution in [3.05, 3.63) is 76.2 Å². The fourth-order valence-corrected chi connectivity index (χ4v) is 3.22. The summed E-state index contributed by atoms with van der Waals surface area (Å²) in [7, 11) is 1.69. The highest BCUT2D eigenvalue weighted by Crippen LogP contribution is 2.21. The highest BCUT2D eigenvalue weighted by Gasteiger charge is 2.24. The van der Waals surface area contributed by atoms with E-state index in [1.807, 2.05) is 23.1 Å². The van der Waals surface area contributed by atoms with Crippen LogP contribution in [0.25, 0.3) is 6.08 Å². The fourth-order valence-electron chi connectivity index (χ4n) is 3.22. The van der Waals surface area contributed by atoms with E-state index in [0.717, 1.165) is 37.8 Å². The number of aryl methyl sites for hydroxylation is 1. The van der Waals surface area contributed by atoms with Crippen molar-refractivity contribution in [2.45, 2.75) is 31.7 Å². The Bertz CT molecular complexity index is 808. The molecule has 0 spiro atoms. The second-order valence-corrected chi connectivity index (χ2v) is 6.55. The van der Waals surface area contributed by atoms with Crippen LogP contribution < -0.4 is 5.56 Å². The van der Waals surface area contributed by atoms with E-state index in [1.54, 1.807) is 19.3 Å². The molecule has 0 bridgehead atoms. The number of benzene rings is 1. The van der Waals surface area contributed by atoms with Crippen LogP contribution in [-0.2, 0) is 7.05 Å². The van der Waals surface area contributed by atoms with E-state index >= 15 is 0 Å². The molecule has 2 aromatic rings. The zero-order chi connectivity index (χ0) is 17.6. The number of hydrogen-bond donors (Lipinski definition) is 0. The summed E-state index contributed by atoms with van der Waals surface area (Å²) in [6, 6.07) is 13.4. The topological polar surface area (TPSA) is 42.3 Å². The molecule has 4 heteroatoms. The van der Waals surface area contributed by atoms with E-state index in [4.69, 9.17) is 0 Å². The molecule has 25 heavy (non-hydrogen) atoms. The van der Waals surface area contributed by atoms with Gasteiger partial charge in [-0.1, -0.05) is 55.3 Å². The van der Waals surface area contributed by atoms with E-state index < -0.39 is 0 Å². The zero-order valence-corrected chi connectivity index (χ0v) is 14.6. The van der Waals surface area contributed by atoms with Crippen LogP contribution >= 0.6 is 0 Å². The van der Waals surface area contributed by atoms with Crippen molar-refractivity contribution in [3.63, 3.8) is 0 Å². The van der Waals surface area contributed by atoms with Gasteiger partial charge in [0.05, 0.1) is 6.04 Å². The van der Waals surface area contributed by atoms with Gasteiger partial charge in [-0.05, 0) is 24.5 Å². The van der Waals surface area contributed by atoms with Gasteiger partial charge in [0.1, 0.15) is 0 Å². The summed E-state index contributed by atoms with van der Waals surface area (Å²) in [6.45, 7) is 0.734. The molecule has 1 aliphatic heterocycles. The normalized spacial score (nSPS) is 18.3. The molecule has 4 nitrogen and oxygen atoms in total. The Morgan fingerprint density at radius 1 is 1.12 bits per heavy atom. The van der Waals surface area contributed by atoms with Gasteiger partial charge in [-0.25, -0.2) is 0 Å². The molecule has 1 aliphatic rings. The molecule has 0 saturated carbocycles. The van der Waals surface area contributed by atoms with Crippen LogP contribution in [0.15, 0.2) is 59.5 Å². The lowest BCUT2D eigenvalue weighted by Gasteiger charge is -2.28. The van der Waals surface area contributed by atoms with E-state index in [2.05, 4.69) is 24.3 Å². The molecule has 1 aromatic heterocycles. The highest BCUT2D eigenvalue weighted by atomic mass is 16.2. The number of hydrogen-bond acceptors (Lipinski definition) is 2. The number of amides is 1. The number of aromatic nitrogens is 1. The lowest BCUT2D eigenvalue weighted by atomic mass is 10.1. The molecule has 0 N–H and O–H groups in total. The molecule has 1 amide bonds. The van der Waals surface area contributed by atoms with Crippen molar-refractivity contribution in [2.24, 2.45) is 7.05 Å². The summed E-state index contributed by atoms with van der Waals surface area (Å²) < 4.78 is 1.48. The molecule has 0 aliphatic carbocycles. The third-order valence-corrected chi connectivity index (χ3v) is 4.72. The van der Waals surface area contributed by atoms with Crippen LogP contribution in [0.2, 0.25) is 0 Å². The van der Waals surface area contributed by atoms with Crippen LogP contribution in [0.5, 0.6) is 0 Å². The molecule has 1 aromatic carbocycles. The summed E-state index contributed by atoms with van der Waals surface area (Å²) in [5, 5.41) is 0. The Labute approximate surface area is 148 Å². The zero-order valence-electron chi connectivity index (χ0n) is 14.6. The maximum Gasteiger partial charge on any atom is 0.254 e. The van der Waals surface area contributed by atoms with Gasteiger partial charge >= 0.3 is 0 Å². The van der Waals surface area contributed by atoms with Gasteiger partial charge in [-0.2, -0.15) is 0 Å². The summed E-state index contributed by atoms with van der Waals surface area (Å²) in [6.07, 6.45) is 10.1. The molecular formula is C21H24N2O2. The van der Waals surface area contributed by atoms with E-state index in [-0.39, 0.29) is 17.5 Å². The molecule has 1 unspecified atom stereocenters. The van der Waals surface area contributed by atoms with Crippen LogP contribution in [0, 0.1) is 0 Å². The maximum atomic E-state index is 13.0. The third-order valence-electron chi connectivity index (χ3n) is 4.72. The highest BCUT2D eigenvalue weighted by molar-refractivity contribution is 5.94. The minimum atomic E-state index is -0.156. The Kier molecular flexibility index (Phi) is 5.49. The number of carbonyl (C=O) groups excluding carboxylic acids is 1.